The van der Waals surface area contributed by atoms with Crippen molar-refractivity contribution in [3.63, 3.8) is 0 Å². The third kappa shape index (κ3) is 3.50. The largest absolute Gasteiger partial charge is 0.317 e. The Morgan fingerprint density at radius 1 is 1.10 bits per heavy atom. The maximum absolute atomic E-state index is 13.5. The maximum atomic E-state index is 13.5. The Balaban J connectivity index is 2.26. The van der Waals surface area contributed by atoms with Gasteiger partial charge in [-0.1, -0.05) is 0 Å². The van der Waals surface area contributed by atoms with Gasteiger partial charge < -0.3 is 5.32 Å². The van der Waals surface area contributed by atoms with Gasteiger partial charge in [0.05, 0.1) is 0 Å². The van der Waals surface area contributed by atoms with Crippen LogP contribution in [0.25, 0.3) is 0 Å². The van der Waals surface area contributed by atoms with E-state index in [1.807, 2.05) is 0 Å². The quantitative estimate of drug-likeness (QED) is 0.890. The second kappa shape index (κ2) is 6.11. The second-order valence-corrected chi connectivity index (χ2v) is 6.35. The van der Waals surface area contributed by atoms with Crippen LogP contribution >= 0.6 is 0 Å². The van der Waals surface area contributed by atoms with E-state index in [4.69, 9.17) is 0 Å². The van der Waals surface area contributed by atoms with Crippen molar-refractivity contribution in [3.05, 3.63) is 29.6 Å². The highest BCUT2D eigenvalue weighted by molar-refractivity contribution is 7.89. The summed E-state index contributed by atoms with van der Waals surface area (Å²) in [5, 5.41) is 3.10. The second-order valence-electron chi connectivity index (χ2n) is 4.70. The number of sulfonamides is 1. The van der Waals surface area contributed by atoms with Crippen molar-refractivity contribution < 1.29 is 21.6 Å². The minimum absolute atomic E-state index is 0.353. The van der Waals surface area contributed by atoms with Gasteiger partial charge >= 0.3 is 0 Å². The predicted octanol–water partition coefficient (Wildman–Crippen LogP) is 1.52. The number of halogens is 3. The highest BCUT2D eigenvalue weighted by atomic mass is 32.2. The fraction of sp³-hybridized carbons (Fsp3) is 0.500. The lowest BCUT2D eigenvalue weighted by Gasteiger charge is -2.16. The molecule has 2 N–H and O–H groups in total. The number of nitrogens with one attached hydrogen (secondary N) is 2. The van der Waals surface area contributed by atoms with Crippen molar-refractivity contribution in [2.45, 2.75) is 30.2 Å². The summed E-state index contributed by atoms with van der Waals surface area (Å²) in [5.74, 6) is -4.01. The first-order valence-electron chi connectivity index (χ1n) is 6.28. The van der Waals surface area contributed by atoms with Gasteiger partial charge in [0.25, 0.3) is 0 Å². The summed E-state index contributed by atoms with van der Waals surface area (Å²) in [4.78, 5) is -1.13. The summed E-state index contributed by atoms with van der Waals surface area (Å²) in [5.41, 5.74) is 0. The van der Waals surface area contributed by atoms with Gasteiger partial charge in [-0.15, -0.1) is 0 Å². The number of hydrogen-bond acceptors (Lipinski definition) is 3. The van der Waals surface area contributed by atoms with E-state index in [0.717, 1.165) is 13.0 Å². The van der Waals surface area contributed by atoms with E-state index in [1.54, 1.807) is 0 Å². The van der Waals surface area contributed by atoms with Crippen LogP contribution in [0.3, 0.4) is 0 Å². The van der Waals surface area contributed by atoms with Gasteiger partial charge in [-0.2, -0.15) is 0 Å². The Hall–Kier alpha value is -1.12. The van der Waals surface area contributed by atoms with Crippen molar-refractivity contribution in [1.82, 2.24) is 10.0 Å². The lowest BCUT2D eigenvalue weighted by Crippen LogP contribution is -2.36. The van der Waals surface area contributed by atoms with Crippen molar-refractivity contribution in [2.24, 2.45) is 0 Å². The summed E-state index contributed by atoms with van der Waals surface area (Å²) in [6.07, 6.45) is 1.88. The lowest BCUT2D eigenvalue weighted by molar-refractivity contribution is 0.481. The Kier molecular flexibility index (Phi) is 4.66. The van der Waals surface area contributed by atoms with Crippen LogP contribution in [-0.2, 0) is 10.0 Å². The standard InChI is InChI=1S/C12H15F3N2O2S/c13-8-6-10(14)12(11(15)7-8)20(18,19)17-9-2-1-4-16-5-3-9/h6-7,9,16-17H,1-5H2. The van der Waals surface area contributed by atoms with Crippen LogP contribution in [0.15, 0.2) is 17.0 Å². The molecule has 1 aromatic carbocycles. The normalized spacial score (nSPS) is 20.6. The van der Waals surface area contributed by atoms with Crippen LogP contribution in [0.1, 0.15) is 19.3 Å². The molecule has 1 aliphatic heterocycles. The molecule has 0 saturated carbocycles. The lowest BCUT2D eigenvalue weighted by atomic mass is 10.1. The summed E-state index contributed by atoms with van der Waals surface area (Å²) in [7, 11) is -4.35. The first kappa shape index (κ1) is 15.3. The molecule has 0 bridgehead atoms. The first-order valence-corrected chi connectivity index (χ1v) is 7.76. The molecule has 8 heteroatoms. The molecule has 20 heavy (non-hydrogen) atoms. The molecule has 2 rings (SSSR count). The molecule has 1 atom stereocenters. The topological polar surface area (TPSA) is 58.2 Å². The first-order chi connectivity index (χ1) is 9.40. The van der Waals surface area contributed by atoms with E-state index < -0.39 is 32.4 Å². The molecule has 0 radical (unpaired) electrons. The van der Waals surface area contributed by atoms with Gasteiger partial charge in [-0.05, 0) is 32.4 Å². The monoisotopic (exact) mass is 308 g/mol. The summed E-state index contributed by atoms with van der Waals surface area (Å²) in [6.45, 7) is 1.40. The Bertz CT molecular complexity index is 561. The van der Waals surface area contributed by atoms with Gasteiger partial charge in [0, 0.05) is 18.2 Å². The average Bonchev–Trinajstić information content (AvgIpc) is 2.54. The minimum Gasteiger partial charge on any atom is -0.317 e. The minimum atomic E-state index is -4.35. The third-order valence-corrected chi connectivity index (χ3v) is 4.70. The number of hydrogen-bond donors (Lipinski definition) is 2. The van der Waals surface area contributed by atoms with Gasteiger partial charge in [0.1, 0.15) is 17.5 Å². The van der Waals surface area contributed by atoms with Crippen LogP contribution in [0.2, 0.25) is 0 Å². The molecule has 1 saturated heterocycles. The van der Waals surface area contributed by atoms with E-state index in [1.165, 1.54) is 0 Å². The molecule has 1 fully saturated rings. The molecule has 1 aliphatic rings. The van der Waals surface area contributed by atoms with Crippen molar-refractivity contribution in [2.75, 3.05) is 13.1 Å². The molecule has 0 amide bonds. The summed E-state index contributed by atoms with van der Waals surface area (Å²) in [6, 6.07) is 0.317. The third-order valence-electron chi connectivity index (χ3n) is 3.13. The molecular weight excluding hydrogens is 293 g/mol. The van der Waals surface area contributed by atoms with Crippen LogP contribution in [0.5, 0.6) is 0 Å². The van der Waals surface area contributed by atoms with E-state index >= 15 is 0 Å². The van der Waals surface area contributed by atoms with Gasteiger partial charge in [0.2, 0.25) is 10.0 Å². The van der Waals surface area contributed by atoms with E-state index in [9.17, 15) is 21.6 Å². The van der Waals surface area contributed by atoms with Crippen LogP contribution in [-0.4, -0.2) is 27.5 Å². The zero-order valence-corrected chi connectivity index (χ0v) is 11.4. The fourth-order valence-electron chi connectivity index (χ4n) is 2.20. The highest BCUT2D eigenvalue weighted by Gasteiger charge is 2.28. The summed E-state index contributed by atoms with van der Waals surface area (Å²) < 4.78 is 66.2. The predicted molar refractivity (Wildman–Crippen MR) is 67.1 cm³/mol. The highest BCUT2D eigenvalue weighted by Crippen LogP contribution is 2.21. The maximum Gasteiger partial charge on any atom is 0.246 e. The molecular formula is C12H15F3N2O2S. The number of rotatable bonds is 3. The van der Waals surface area contributed by atoms with E-state index in [0.29, 0.717) is 31.5 Å². The molecule has 112 valence electrons. The number of benzene rings is 1. The van der Waals surface area contributed by atoms with Crippen molar-refractivity contribution in [3.8, 4) is 0 Å². The van der Waals surface area contributed by atoms with Crippen LogP contribution in [0, 0.1) is 17.5 Å². The Morgan fingerprint density at radius 3 is 2.40 bits per heavy atom. The van der Waals surface area contributed by atoms with Gasteiger partial charge in [-0.25, -0.2) is 26.3 Å². The molecule has 1 heterocycles. The Labute approximate surface area is 115 Å². The van der Waals surface area contributed by atoms with Gasteiger partial charge in [-0.3, -0.25) is 0 Å². The van der Waals surface area contributed by atoms with E-state index in [2.05, 4.69) is 10.0 Å². The zero-order chi connectivity index (χ0) is 14.8. The van der Waals surface area contributed by atoms with Crippen LogP contribution < -0.4 is 10.0 Å². The molecule has 0 aliphatic carbocycles. The van der Waals surface area contributed by atoms with E-state index in [-0.39, 0.29) is 6.04 Å². The molecule has 1 unspecified atom stereocenters. The Morgan fingerprint density at radius 2 is 1.75 bits per heavy atom. The molecule has 0 aromatic heterocycles. The zero-order valence-electron chi connectivity index (χ0n) is 10.6. The average molecular weight is 308 g/mol. The van der Waals surface area contributed by atoms with Crippen LogP contribution in [0.4, 0.5) is 13.2 Å². The smallest absolute Gasteiger partial charge is 0.246 e. The fourth-order valence-corrected chi connectivity index (χ4v) is 3.62. The van der Waals surface area contributed by atoms with Gasteiger partial charge in [0.15, 0.2) is 4.90 Å². The molecule has 1 aromatic rings. The summed E-state index contributed by atoms with van der Waals surface area (Å²) >= 11 is 0. The van der Waals surface area contributed by atoms with Crippen molar-refractivity contribution in [1.29, 1.82) is 0 Å². The van der Waals surface area contributed by atoms with Crippen molar-refractivity contribution >= 4 is 10.0 Å². The molecule has 0 spiro atoms. The SMILES string of the molecule is O=S(=O)(NC1CCCNCC1)c1c(F)cc(F)cc1F. The molecule has 4 nitrogen and oxygen atoms in total.